The van der Waals surface area contributed by atoms with Crippen LogP contribution in [0.4, 0.5) is 10.5 Å². The third-order valence-electron chi connectivity index (χ3n) is 3.33. The van der Waals surface area contributed by atoms with Gasteiger partial charge in [-0.1, -0.05) is 18.2 Å². The molecule has 0 saturated heterocycles. The molecule has 0 aliphatic heterocycles. The molecule has 5 heteroatoms. The van der Waals surface area contributed by atoms with Crippen molar-refractivity contribution < 1.29 is 14.7 Å². The second kappa shape index (κ2) is 6.23. The molecule has 0 saturated carbocycles. The molecule has 0 fully saturated rings. The summed E-state index contributed by atoms with van der Waals surface area (Å²) < 4.78 is 0. The molecule has 0 spiro atoms. The van der Waals surface area contributed by atoms with Crippen molar-refractivity contribution in [2.45, 2.75) is 32.2 Å². The monoisotopic (exact) mass is 274 g/mol. The lowest BCUT2D eigenvalue weighted by atomic mass is 10.0. The van der Waals surface area contributed by atoms with Gasteiger partial charge < -0.3 is 15.7 Å². The second-order valence-electron chi connectivity index (χ2n) is 4.91. The van der Waals surface area contributed by atoms with Crippen LogP contribution in [-0.4, -0.2) is 23.1 Å². The van der Waals surface area contributed by atoms with Crippen LogP contribution < -0.4 is 10.6 Å². The Morgan fingerprint density at radius 3 is 2.75 bits per heavy atom. The van der Waals surface area contributed by atoms with Gasteiger partial charge in [-0.25, -0.2) is 9.59 Å². The molecule has 106 valence electrons. The van der Waals surface area contributed by atoms with E-state index in [0.717, 1.165) is 19.3 Å². The summed E-state index contributed by atoms with van der Waals surface area (Å²) in [6, 6.07) is 4.69. The van der Waals surface area contributed by atoms with Crippen LogP contribution in [0.1, 0.15) is 35.2 Å². The number of carbonyl (C=O) groups is 2. The van der Waals surface area contributed by atoms with Crippen LogP contribution in [0.2, 0.25) is 0 Å². The van der Waals surface area contributed by atoms with E-state index in [4.69, 9.17) is 5.11 Å². The summed E-state index contributed by atoms with van der Waals surface area (Å²) in [5, 5.41) is 14.6. The summed E-state index contributed by atoms with van der Waals surface area (Å²) in [5.74, 6) is -0.996. The molecular weight excluding hydrogens is 256 g/mol. The van der Waals surface area contributed by atoms with E-state index < -0.39 is 5.97 Å². The minimum atomic E-state index is -0.996. The number of amides is 2. The van der Waals surface area contributed by atoms with E-state index in [0.29, 0.717) is 11.3 Å². The van der Waals surface area contributed by atoms with Gasteiger partial charge in [0, 0.05) is 11.7 Å². The maximum Gasteiger partial charge on any atom is 0.336 e. The van der Waals surface area contributed by atoms with Gasteiger partial charge in [0.1, 0.15) is 0 Å². The number of urea groups is 1. The number of nitrogens with one attached hydrogen (secondary N) is 2. The SMILES string of the molecule is Cc1ccc(NC(=O)NC2CC=CCC2)cc1C(=O)O. The number of anilines is 1. The average molecular weight is 274 g/mol. The highest BCUT2D eigenvalue weighted by molar-refractivity contribution is 5.94. The van der Waals surface area contributed by atoms with Crippen molar-refractivity contribution in [3.63, 3.8) is 0 Å². The Bertz CT molecular complexity index is 552. The number of carboxylic acid groups (broad SMARTS) is 1. The number of hydrogen-bond acceptors (Lipinski definition) is 2. The molecule has 5 nitrogen and oxygen atoms in total. The van der Waals surface area contributed by atoms with Gasteiger partial charge in [0.2, 0.25) is 0 Å². The number of rotatable bonds is 3. The lowest BCUT2D eigenvalue weighted by Crippen LogP contribution is -2.38. The Hall–Kier alpha value is -2.30. The van der Waals surface area contributed by atoms with E-state index in [1.54, 1.807) is 19.1 Å². The lowest BCUT2D eigenvalue weighted by molar-refractivity contribution is 0.0696. The maximum atomic E-state index is 11.9. The maximum absolute atomic E-state index is 11.9. The van der Waals surface area contributed by atoms with Gasteiger partial charge in [-0.3, -0.25) is 0 Å². The zero-order chi connectivity index (χ0) is 14.5. The summed E-state index contributed by atoms with van der Waals surface area (Å²) in [5.41, 5.74) is 1.35. The van der Waals surface area contributed by atoms with Crippen LogP contribution in [0.3, 0.4) is 0 Å². The van der Waals surface area contributed by atoms with Crippen LogP contribution in [0.5, 0.6) is 0 Å². The van der Waals surface area contributed by atoms with E-state index in [-0.39, 0.29) is 17.6 Å². The van der Waals surface area contributed by atoms with Crippen LogP contribution in [0.15, 0.2) is 30.4 Å². The van der Waals surface area contributed by atoms with Crippen molar-refractivity contribution in [3.8, 4) is 0 Å². The molecule has 2 amide bonds. The van der Waals surface area contributed by atoms with Crippen molar-refractivity contribution in [2.24, 2.45) is 0 Å². The van der Waals surface area contributed by atoms with Crippen molar-refractivity contribution in [2.75, 3.05) is 5.32 Å². The normalized spacial score (nSPS) is 17.6. The number of hydrogen-bond donors (Lipinski definition) is 3. The fourth-order valence-electron chi connectivity index (χ4n) is 2.21. The average Bonchev–Trinajstić information content (AvgIpc) is 2.41. The highest BCUT2D eigenvalue weighted by Gasteiger charge is 2.14. The highest BCUT2D eigenvalue weighted by atomic mass is 16.4. The summed E-state index contributed by atoms with van der Waals surface area (Å²) in [7, 11) is 0. The van der Waals surface area contributed by atoms with Gasteiger partial charge >= 0.3 is 12.0 Å². The zero-order valence-electron chi connectivity index (χ0n) is 11.3. The first kappa shape index (κ1) is 14.1. The number of carbonyl (C=O) groups excluding carboxylic acids is 1. The second-order valence-corrected chi connectivity index (χ2v) is 4.91. The van der Waals surface area contributed by atoms with Gasteiger partial charge in [-0.05, 0) is 43.9 Å². The predicted molar refractivity (Wildman–Crippen MR) is 77.1 cm³/mol. The molecule has 0 heterocycles. The molecule has 0 radical (unpaired) electrons. The zero-order valence-corrected chi connectivity index (χ0v) is 11.3. The number of aryl methyl sites for hydroxylation is 1. The summed E-state index contributed by atoms with van der Waals surface area (Å²) in [4.78, 5) is 22.9. The Morgan fingerprint density at radius 1 is 1.30 bits per heavy atom. The predicted octanol–water partition coefficient (Wildman–Crippen LogP) is 2.92. The minimum absolute atomic E-state index is 0.143. The molecule has 0 bridgehead atoms. The number of carboxylic acids is 1. The molecule has 0 aromatic heterocycles. The molecule has 1 aliphatic carbocycles. The van der Waals surface area contributed by atoms with E-state index in [9.17, 15) is 9.59 Å². The van der Waals surface area contributed by atoms with Crippen LogP contribution in [-0.2, 0) is 0 Å². The molecule has 2 rings (SSSR count). The largest absolute Gasteiger partial charge is 0.478 e. The van der Waals surface area contributed by atoms with Gasteiger partial charge in [0.05, 0.1) is 5.56 Å². The van der Waals surface area contributed by atoms with Crippen LogP contribution in [0.25, 0.3) is 0 Å². The Morgan fingerprint density at radius 2 is 2.10 bits per heavy atom. The molecule has 1 unspecified atom stereocenters. The molecule has 1 aromatic carbocycles. The first-order valence-corrected chi connectivity index (χ1v) is 6.62. The van der Waals surface area contributed by atoms with Crippen molar-refractivity contribution in [1.82, 2.24) is 5.32 Å². The molecule has 3 N–H and O–H groups in total. The van der Waals surface area contributed by atoms with Crippen LogP contribution in [0, 0.1) is 6.92 Å². The third-order valence-corrected chi connectivity index (χ3v) is 3.33. The lowest BCUT2D eigenvalue weighted by Gasteiger charge is -2.19. The minimum Gasteiger partial charge on any atom is -0.478 e. The Labute approximate surface area is 117 Å². The van der Waals surface area contributed by atoms with Gasteiger partial charge in [0.25, 0.3) is 0 Å². The smallest absolute Gasteiger partial charge is 0.336 e. The van der Waals surface area contributed by atoms with E-state index in [2.05, 4.69) is 22.8 Å². The van der Waals surface area contributed by atoms with Crippen LogP contribution >= 0.6 is 0 Å². The molecular formula is C15H18N2O3. The first-order chi connectivity index (χ1) is 9.56. The Kier molecular flexibility index (Phi) is 4.40. The van der Waals surface area contributed by atoms with Gasteiger partial charge in [-0.2, -0.15) is 0 Å². The molecule has 20 heavy (non-hydrogen) atoms. The fraction of sp³-hybridized carbons (Fsp3) is 0.333. The number of benzene rings is 1. The summed E-state index contributed by atoms with van der Waals surface area (Å²) >= 11 is 0. The fourth-order valence-corrected chi connectivity index (χ4v) is 2.21. The van der Waals surface area contributed by atoms with E-state index in [1.165, 1.54) is 6.07 Å². The summed E-state index contributed by atoms with van der Waals surface area (Å²) in [6.45, 7) is 1.72. The van der Waals surface area contributed by atoms with Gasteiger partial charge in [-0.15, -0.1) is 0 Å². The van der Waals surface area contributed by atoms with Crippen molar-refractivity contribution >= 4 is 17.7 Å². The number of aromatic carboxylic acids is 1. The van der Waals surface area contributed by atoms with Gasteiger partial charge in [0.15, 0.2) is 0 Å². The molecule has 1 atom stereocenters. The summed E-state index contributed by atoms with van der Waals surface area (Å²) in [6.07, 6.45) is 6.90. The number of allylic oxidation sites excluding steroid dienone is 1. The molecule has 1 aromatic rings. The van der Waals surface area contributed by atoms with E-state index >= 15 is 0 Å². The third kappa shape index (κ3) is 3.60. The Balaban J connectivity index is 1.98. The standard InChI is InChI=1S/C15H18N2O3/c1-10-7-8-12(9-13(10)14(18)19)17-15(20)16-11-5-3-2-4-6-11/h2-3,7-9,11H,4-6H2,1H3,(H,18,19)(H2,16,17,20). The highest BCUT2D eigenvalue weighted by Crippen LogP contribution is 2.16. The van der Waals surface area contributed by atoms with Crippen molar-refractivity contribution in [3.05, 3.63) is 41.5 Å². The quantitative estimate of drug-likeness (QED) is 0.741. The van der Waals surface area contributed by atoms with Crippen molar-refractivity contribution in [1.29, 1.82) is 0 Å². The first-order valence-electron chi connectivity index (χ1n) is 6.62. The molecule has 1 aliphatic rings. The topological polar surface area (TPSA) is 78.4 Å². The van der Waals surface area contributed by atoms with E-state index in [1.807, 2.05) is 0 Å².